The number of benzene rings is 1. The van der Waals surface area contributed by atoms with E-state index in [0.29, 0.717) is 22.0 Å². The third-order valence-electron chi connectivity index (χ3n) is 4.62. The Hall–Kier alpha value is -2.86. The molecule has 0 saturated heterocycles. The Morgan fingerprint density at radius 1 is 1.30 bits per heavy atom. The van der Waals surface area contributed by atoms with Crippen molar-refractivity contribution < 1.29 is 9.32 Å². The largest absolute Gasteiger partial charge is 0.359 e. The average molecular weight is 384 g/mol. The molecule has 0 spiro atoms. The number of carbonyl (C=O) groups excluding carboxylic acids is 1. The summed E-state index contributed by atoms with van der Waals surface area (Å²) >= 11 is 5.89. The van der Waals surface area contributed by atoms with Crippen molar-refractivity contribution in [2.75, 3.05) is 0 Å². The molecular formula is C20H18ClN3O3. The van der Waals surface area contributed by atoms with E-state index in [1.165, 1.54) is 0 Å². The summed E-state index contributed by atoms with van der Waals surface area (Å²) in [5, 5.41) is 7.41. The van der Waals surface area contributed by atoms with Crippen molar-refractivity contribution >= 4 is 17.5 Å². The minimum absolute atomic E-state index is 0.149. The van der Waals surface area contributed by atoms with Crippen LogP contribution < -0.4 is 10.9 Å². The molecule has 138 valence electrons. The Labute approximate surface area is 160 Å². The fourth-order valence-electron chi connectivity index (χ4n) is 2.97. The van der Waals surface area contributed by atoms with Crippen LogP contribution in [0.25, 0.3) is 11.3 Å². The van der Waals surface area contributed by atoms with E-state index >= 15 is 0 Å². The van der Waals surface area contributed by atoms with Gasteiger partial charge < -0.3 is 14.4 Å². The van der Waals surface area contributed by atoms with Gasteiger partial charge in [0, 0.05) is 28.9 Å². The summed E-state index contributed by atoms with van der Waals surface area (Å²) in [6, 6.07) is 11.0. The molecule has 1 saturated carbocycles. The van der Waals surface area contributed by atoms with Gasteiger partial charge in [0.05, 0.1) is 6.54 Å². The highest BCUT2D eigenvalue weighted by atomic mass is 35.5. The molecule has 1 fully saturated rings. The molecule has 7 heteroatoms. The topological polar surface area (TPSA) is 77.1 Å². The van der Waals surface area contributed by atoms with Crippen molar-refractivity contribution in [1.29, 1.82) is 0 Å². The molecule has 1 aliphatic carbocycles. The Morgan fingerprint density at radius 2 is 2.04 bits per heavy atom. The molecular weight excluding hydrogens is 366 g/mol. The third-order valence-corrected chi connectivity index (χ3v) is 4.87. The van der Waals surface area contributed by atoms with Crippen LogP contribution in [0.1, 0.15) is 40.6 Å². The van der Waals surface area contributed by atoms with Crippen molar-refractivity contribution in [1.82, 2.24) is 15.0 Å². The summed E-state index contributed by atoms with van der Waals surface area (Å²) in [5.74, 6) is 0.0985. The maximum absolute atomic E-state index is 12.6. The standard InChI is InChI=1S/C20H18ClN3O3/c1-12-8-9-24(15-6-7-15)20(26)18(12)19(25)22-11-16-10-17(23-27-16)13-2-4-14(21)5-3-13/h2-5,8-10,15H,6-7,11H2,1H3,(H,22,25). The van der Waals surface area contributed by atoms with E-state index in [9.17, 15) is 9.59 Å². The van der Waals surface area contributed by atoms with Gasteiger partial charge in [0.1, 0.15) is 11.3 Å². The van der Waals surface area contributed by atoms with Crippen LogP contribution in [0, 0.1) is 6.92 Å². The van der Waals surface area contributed by atoms with Crippen molar-refractivity contribution in [3.05, 3.63) is 74.9 Å². The second-order valence-corrected chi connectivity index (χ2v) is 7.12. The smallest absolute Gasteiger partial charge is 0.263 e. The fourth-order valence-corrected chi connectivity index (χ4v) is 3.09. The zero-order chi connectivity index (χ0) is 19.0. The van der Waals surface area contributed by atoms with E-state index in [1.807, 2.05) is 18.2 Å². The first-order valence-electron chi connectivity index (χ1n) is 8.74. The second kappa shape index (κ2) is 7.04. The van der Waals surface area contributed by atoms with Crippen molar-refractivity contribution in [3.63, 3.8) is 0 Å². The summed E-state index contributed by atoms with van der Waals surface area (Å²) in [6.45, 7) is 1.91. The number of rotatable bonds is 5. The number of nitrogens with zero attached hydrogens (tertiary/aromatic N) is 2. The lowest BCUT2D eigenvalue weighted by Gasteiger charge is -2.09. The van der Waals surface area contributed by atoms with Gasteiger partial charge in [-0.25, -0.2) is 0 Å². The van der Waals surface area contributed by atoms with Gasteiger partial charge in [-0.05, 0) is 43.5 Å². The zero-order valence-electron chi connectivity index (χ0n) is 14.7. The first-order valence-corrected chi connectivity index (χ1v) is 9.12. The Kier molecular flexibility index (Phi) is 4.58. The van der Waals surface area contributed by atoms with Gasteiger partial charge in [0.2, 0.25) is 0 Å². The molecule has 1 amide bonds. The van der Waals surface area contributed by atoms with E-state index < -0.39 is 5.91 Å². The highest BCUT2D eigenvalue weighted by Gasteiger charge is 2.27. The summed E-state index contributed by atoms with van der Waals surface area (Å²) in [7, 11) is 0. The normalized spacial score (nSPS) is 13.6. The first kappa shape index (κ1) is 17.5. The first-order chi connectivity index (χ1) is 13.0. The van der Waals surface area contributed by atoms with E-state index in [0.717, 1.165) is 18.4 Å². The van der Waals surface area contributed by atoms with Gasteiger partial charge in [-0.1, -0.05) is 28.9 Å². The SMILES string of the molecule is Cc1ccn(C2CC2)c(=O)c1C(=O)NCc1cc(-c2ccc(Cl)cc2)no1. The molecule has 3 aromatic rings. The number of aromatic nitrogens is 2. The maximum Gasteiger partial charge on any atom is 0.263 e. The maximum atomic E-state index is 12.6. The van der Waals surface area contributed by atoms with Crippen LogP contribution >= 0.6 is 11.6 Å². The summed E-state index contributed by atoms with van der Waals surface area (Å²) < 4.78 is 6.93. The van der Waals surface area contributed by atoms with Crippen LogP contribution in [-0.2, 0) is 6.54 Å². The van der Waals surface area contributed by atoms with Gasteiger partial charge in [-0.2, -0.15) is 0 Å². The molecule has 0 bridgehead atoms. The lowest BCUT2D eigenvalue weighted by molar-refractivity contribution is 0.0944. The number of hydrogen-bond donors (Lipinski definition) is 1. The van der Waals surface area contributed by atoms with Crippen LogP contribution in [0.5, 0.6) is 0 Å². The van der Waals surface area contributed by atoms with E-state index in [4.69, 9.17) is 16.1 Å². The molecule has 6 nitrogen and oxygen atoms in total. The molecule has 2 heterocycles. The Bertz CT molecular complexity index is 1050. The molecule has 0 aliphatic heterocycles. The lowest BCUT2D eigenvalue weighted by atomic mass is 10.1. The highest BCUT2D eigenvalue weighted by molar-refractivity contribution is 6.30. The van der Waals surface area contributed by atoms with E-state index in [1.54, 1.807) is 35.9 Å². The lowest BCUT2D eigenvalue weighted by Crippen LogP contribution is -2.33. The van der Waals surface area contributed by atoms with E-state index in [2.05, 4.69) is 10.5 Å². The molecule has 0 atom stereocenters. The zero-order valence-corrected chi connectivity index (χ0v) is 15.5. The van der Waals surface area contributed by atoms with E-state index in [-0.39, 0.29) is 23.7 Å². The number of halogens is 1. The highest BCUT2D eigenvalue weighted by Crippen LogP contribution is 2.33. The minimum Gasteiger partial charge on any atom is -0.359 e. The number of pyridine rings is 1. The molecule has 0 unspecified atom stereocenters. The van der Waals surface area contributed by atoms with Crippen molar-refractivity contribution in [3.8, 4) is 11.3 Å². The molecule has 1 aromatic carbocycles. The summed E-state index contributed by atoms with van der Waals surface area (Å²) in [6.07, 6.45) is 3.73. The van der Waals surface area contributed by atoms with Gasteiger partial charge >= 0.3 is 0 Å². The number of aryl methyl sites for hydroxylation is 1. The number of carbonyl (C=O) groups is 1. The summed E-state index contributed by atoms with van der Waals surface area (Å²) in [4.78, 5) is 25.2. The molecule has 2 aromatic heterocycles. The van der Waals surface area contributed by atoms with Gasteiger partial charge in [-0.3, -0.25) is 9.59 Å². The Morgan fingerprint density at radius 3 is 2.74 bits per heavy atom. The molecule has 0 radical (unpaired) electrons. The monoisotopic (exact) mass is 383 g/mol. The number of nitrogens with one attached hydrogen (secondary N) is 1. The quantitative estimate of drug-likeness (QED) is 0.728. The molecule has 4 rings (SSSR count). The van der Waals surface area contributed by atoms with Gasteiger partial charge in [0.15, 0.2) is 5.76 Å². The van der Waals surface area contributed by atoms with Crippen LogP contribution in [0.2, 0.25) is 5.02 Å². The average Bonchev–Trinajstić information content (AvgIpc) is 3.38. The van der Waals surface area contributed by atoms with Crippen LogP contribution in [-0.4, -0.2) is 15.6 Å². The predicted octanol–water partition coefficient (Wildman–Crippen LogP) is 3.73. The van der Waals surface area contributed by atoms with Crippen LogP contribution in [0.3, 0.4) is 0 Å². The molecule has 1 N–H and O–H groups in total. The summed E-state index contributed by atoms with van der Waals surface area (Å²) in [5.41, 5.74) is 2.12. The second-order valence-electron chi connectivity index (χ2n) is 6.69. The third kappa shape index (κ3) is 3.66. The number of hydrogen-bond acceptors (Lipinski definition) is 4. The fraction of sp³-hybridized carbons (Fsp3) is 0.250. The van der Waals surface area contributed by atoms with Crippen molar-refractivity contribution in [2.24, 2.45) is 0 Å². The molecule has 27 heavy (non-hydrogen) atoms. The van der Waals surface area contributed by atoms with Crippen molar-refractivity contribution in [2.45, 2.75) is 32.4 Å². The minimum atomic E-state index is -0.406. The van der Waals surface area contributed by atoms with Crippen LogP contribution in [0.4, 0.5) is 0 Å². The van der Waals surface area contributed by atoms with Gasteiger partial charge in [-0.15, -0.1) is 0 Å². The molecule has 1 aliphatic rings. The number of amides is 1. The van der Waals surface area contributed by atoms with Gasteiger partial charge in [0.25, 0.3) is 11.5 Å². The van der Waals surface area contributed by atoms with Crippen LogP contribution in [0.15, 0.2) is 51.9 Å². The predicted molar refractivity (Wildman–Crippen MR) is 102 cm³/mol. The Balaban J connectivity index is 1.48.